The second-order valence-corrected chi connectivity index (χ2v) is 5.58. The number of rotatable bonds is 2. The highest BCUT2D eigenvalue weighted by atomic mass is 32.2. The predicted molar refractivity (Wildman–Crippen MR) is 71.2 cm³/mol. The molecule has 18 heavy (non-hydrogen) atoms. The van der Waals surface area contributed by atoms with Crippen LogP contribution in [0.4, 0.5) is 5.69 Å². The molecule has 2 N–H and O–H groups in total. The average Bonchev–Trinajstić information content (AvgIpc) is 2.90. The van der Waals surface area contributed by atoms with Crippen molar-refractivity contribution in [3.63, 3.8) is 0 Å². The number of hydrogen-bond donors (Lipinski definition) is 2. The van der Waals surface area contributed by atoms with Crippen molar-refractivity contribution < 1.29 is 9.59 Å². The van der Waals surface area contributed by atoms with Crippen LogP contribution in [0.15, 0.2) is 23.1 Å². The minimum Gasteiger partial charge on any atom is -0.324 e. The SMILES string of the molecule is O=C1CSc2ccc(C(=O)C3CCCN3)cc2N1. The molecule has 1 atom stereocenters. The summed E-state index contributed by atoms with van der Waals surface area (Å²) in [6, 6.07) is 5.50. The van der Waals surface area contributed by atoms with Crippen LogP contribution in [0, 0.1) is 0 Å². The number of Topliss-reactive ketones (excluding diaryl/α,β-unsaturated/α-hetero) is 1. The highest BCUT2D eigenvalue weighted by Crippen LogP contribution is 2.32. The van der Waals surface area contributed by atoms with Gasteiger partial charge in [0.05, 0.1) is 17.5 Å². The molecule has 94 valence electrons. The summed E-state index contributed by atoms with van der Waals surface area (Å²) in [6.45, 7) is 0.911. The van der Waals surface area contributed by atoms with Gasteiger partial charge in [0, 0.05) is 10.5 Å². The summed E-state index contributed by atoms with van der Waals surface area (Å²) < 4.78 is 0. The Hall–Kier alpha value is -1.33. The van der Waals surface area contributed by atoms with Gasteiger partial charge in [-0.1, -0.05) is 6.07 Å². The van der Waals surface area contributed by atoms with Crippen molar-refractivity contribution in [3.05, 3.63) is 23.8 Å². The molecule has 0 spiro atoms. The molecule has 3 rings (SSSR count). The number of ketones is 1. The van der Waals surface area contributed by atoms with Gasteiger partial charge in [0.25, 0.3) is 0 Å². The summed E-state index contributed by atoms with van der Waals surface area (Å²) in [5.41, 5.74) is 1.44. The van der Waals surface area contributed by atoms with Crippen LogP contribution in [0.5, 0.6) is 0 Å². The lowest BCUT2D eigenvalue weighted by molar-refractivity contribution is -0.113. The molecule has 1 aromatic carbocycles. The molecule has 1 unspecified atom stereocenters. The van der Waals surface area contributed by atoms with Gasteiger partial charge in [-0.3, -0.25) is 9.59 Å². The summed E-state index contributed by atoms with van der Waals surface area (Å²) in [7, 11) is 0. The Morgan fingerprint density at radius 3 is 3.06 bits per heavy atom. The van der Waals surface area contributed by atoms with Crippen molar-refractivity contribution in [1.29, 1.82) is 0 Å². The van der Waals surface area contributed by atoms with Crippen LogP contribution in [-0.2, 0) is 4.79 Å². The van der Waals surface area contributed by atoms with Crippen molar-refractivity contribution in [3.8, 4) is 0 Å². The number of benzene rings is 1. The van der Waals surface area contributed by atoms with Gasteiger partial charge >= 0.3 is 0 Å². The Labute approximate surface area is 110 Å². The van der Waals surface area contributed by atoms with E-state index in [1.165, 1.54) is 11.8 Å². The van der Waals surface area contributed by atoms with E-state index in [1.54, 1.807) is 6.07 Å². The number of carbonyl (C=O) groups excluding carboxylic acids is 2. The molecular weight excluding hydrogens is 248 g/mol. The van der Waals surface area contributed by atoms with Crippen LogP contribution in [-0.4, -0.2) is 30.0 Å². The molecule has 2 aliphatic heterocycles. The van der Waals surface area contributed by atoms with Crippen LogP contribution < -0.4 is 10.6 Å². The van der Waals surface area contributed by atoms with E-state index in [0.29, 0.717) is 11.3 Å². The van der Waals surface area contributed by atoms with Crippen LogP contribution in [0.2, 0.25) is 0 Å². The molecule has 0 aliphatic carbocycles. The zero-order valence-electron chi connectivity index (χ0n) is 9.86. The summed E-state index contributed by atoms with van der Waals surface area (Å²) in [5, 5.41) is 6.01. The van der Waals surface area contributed by atoms with E-state index >= 15 is 0 Å². The smallest absolute Gasteiger partial charge is 0.234 e. The van der Waals surface area contributed by atoms with Gasteiger partial charge in [0.1, 0.15) is 0 Å². The summed E-state index contributed by atoms with van der Waals surface area (Å²) in [5.74, 6) is 0.570. The van der Waals surface area contributed by atoms with Crippen molar-refractivity contribution in [1.82, 2.24) is 5.32 Å². The predicted octanol–water partition coefficient (Wildman–Crippen LogP) is 1.67. The van der Waals surface area contributed by atoms with Crippen molar-refractivity contribution in [2.45, 2.75) is 23.8 Å². The molecular formula is C13H14N2O2S. The lowest BCUT2D eigenvalue weighted by Crippen LogP contribution is -2.31. The van der Waals surface area contributed by atoms with Gasteiger partial charge in [-0.2, -0.15) is 0 Å². The van der Waals surface area contributed by atoms with Crippen LogP contribution in [0.25, 0.3) is 0 Å². The van der Waals surface area contributed by atoms with Gasteiger partial charge in [-0.15, -0.1) is 11.8 Å². The van der Waals surface area contributed by atoms with Crippen molar-refractivity contribution in [2.24, 2.45) is 0 Å². The Balaban J connectivity index is 1.87. The summed E-state index contributed by atoms with van der Waals surface area (Å²) >= 11 is 1.51. The largest absolute Gasteiger partial charge is 0.324 e. The molecule has 1 saturated heterocycles. The second kappa shape index (κ2) is 4.74. The van der Waals surface area contributed by atoms with Gasteiger partial charge in [-0.05, 0) is 31.5 Å². The number of carbonyl (C=O) groups is 2. The Bertz CT molecular complexity index is 510. The van der Waals surface area contributed by atoms with Crippen LogP contribution in [0.3, 0.4) is 0 Å². The molecule has 0 radical (unpaired) electrons. The van der Waals surface area contributed by atoms with E-state index in [2.05, 4.69) is 10.6 Å². The van der Waals surface area contributed by atoms with Crippen molar-refractivity contribution >= 4 is 29.1 Å². The molecule has 2 heterocycles. The topological polar surface area (TPSA) is 58.2 Å². The molecule has 1 amide bonds. The maximum Gasteiger partial charge on any atom is 0.234 e. The third-order valence-electron chi connectivity index (χ3n) is 3.27. The number of thioether (sulfide) groups is 1. The first kappa shape index (κ1) is 11.7. The van der Waals surface area contributed by atoms with E-state index in [0.717, 1.165) is 30.0 Å². The molecule has 0 saturated carbocycles. The molecule has 1 aromatic rings. The second-order valence-electron chi connectivity index (χ2n) is 4.56. The number of amides is 1. The summed E-state index contributed by atoms with van der Waals surface area (Å²) in [4.78, 5) is 24.6. The lowest BCUT2D eigenvalue weighted by atomic mass is 10.0. The molecule has 0 aromatic heterocycles. The van der Waals surface area contributed by atoms with Gasteiger partial charge in [0.2, 0.25) is 5.91 Å². The Morgan fingerprint density at radius 1 is 1.39 bits per heavy atom. The zero-order valence-corrected chi connectivity index (χ0v) is 10.7. The third-order valence-corrected chi connectivity index (χ3v) is 4.35. The number of fused-ring (bicyclic) bond motifs is 1. The van der Waals surface area contributed by atoms with E-state index in [1.807, 2.05) is 12.1 Å². The maximum atomic E-state index is 12.2. The number of hydrogen-bond acceptors (Lipinski definition) is 4. The fourth-order valence-corrected chi connectivity index (χ4v) is 3.13. The van der Waals surface area contributed by atoms with Gasteiger partial charge < -0.3 is 10.6 Å². The fourth-order valence-electron chi connectivity index (χ4n) is 2.35. The van der Waals surface area contributed by atoms with E-state index in [4.69, 9.17) is 0 Å². The van der Waals surface area contributed by atoms with Crippen LogP contribution >= 0.6 is 11.8 Å². The summed E-state index contributed by atoms with van der Waals surface area (Å²) in [6.07, 6.45) is 1.95. The average molecular weight is 262 g/mol. The highest BCUT2D eigenvalue weighted by molar-refractivity contribution is 8.00. The third kappa shape index (κ3) is 2.15. The number of nitrogens with one attached hydrogen (secondary N) is 2. The van der Waals surface area contributed by atoms with Gasteiger partial charge in [-0.25, -0.2) is 0 Å². The molecule has 2 aliphatic rings. The molecule has 4 nitrogen and oxygen atoms in total. The standard InChI is InChI=1S/C13H14N2O2S/c16-12-7-18-11-4-3-8(6-10(11)15-12)13(17)9-2-1-5-14-9/h3-4,6,9,14H,1-2,5,7H2,(H,15,16). The fraction of sp³-hybridized carbons (Fsp3) is 0.385. The van der Waals surface area contributed by atoms with E-state index in [-0.39, 0.29) is 17.7 Å². The first-order valence-electron chi connectivity index (χ1n) is 6.08. The monoisotopic (exact) mass is 262 g/mol. The van der Waals surface area contributed by atoms with E-state index < -0.39 is 0 Å². The first-order chi connectivity index (χ1) is 8.74. The zero-order chi connectivity index (χ0) is 12.5. The molecule has 0 bridgehead atoms. The van der Waals surface area contributed by atoms with Crippen LogP contribution in [0.1, 0.15) is 23.2 Å². The van der Waals surface area contributed by atoms with Gasteiger partial charge in [0.15, 0.2) is 5.78 Å². The Kier molecular flexibility index (Phi) is 3.09. The maximum absolute atomic E-state index is 12.2. The molecule has 5 heteroatoms. The normalized spacial score (nSPS) is 22.4. The number of anilines is 1. The van der Waals surface area contributed by atoms with Crippen molar-refractivity contribution in [2.75, 3.05) is 17.6 Å². The highest BCUT2D eigenvalue weighted by Gasteiger charge is 2.24. The Morgan fingerprint density at radius 2 is 2.28 bits per heavy atom. The minimum atomic E-state index is -0.0602. The first-order valence-corrected chi connectivity index (χ1v) is 7.07. The lowest BCUT2D eigenvalue weighted by Gasteiger charge is -2.17. The quantitative estimate of drug-likeness (QED) is 0.796. The minimum absolute atomic E-state index is 0.00362. The van der Waals surface area contributed by atoms with E-state index in [9.17, 15) is 9.59 Å². The molecule has 1 fully saturated rings.